The summed E-state index contributed by atoms with van der Waals surface area (Å²) in [5.41, 5.74) is 3.67. The van der Waals surface area contributed by atoms with Crippen molar-refractivity contribution in [3.63, 3.8) is 0 Å². The van der Waals surface area contributed by atoms with E-state index in [0.717, 1.165) is 17.1 Å². The summed E-state index contributed by atoms with van der Waals surface area (Å²) in [7, 11) is 1.92. The summed E-state index contributed by atoms with van der Waals surface area (Å²) >= 11 is 0. The average Bonchev–Trinajstić information content (AvgIpc) is 2.78. The number of rotatable bonds is 5. The van der Waals surface area contributed by atoms with Crippen LogP contribution in [0, 0.1) is 0 Å². The van der Waals surface area contributed by atoms with Gasteiger partial charge in [-0.1, -0.05) is 0 Å². The Balaban J connectivity index is 2.33. The van der Waals surface area contributed by atoms with E-state index in [-0.39, 0.29) is 6.04 Å². The Hall–Kier alpha value is -1.92. The number of aryl methyl sites for hydroxylation is 1. The van der Waals surface area contributed by atoms with E-state index in [2.05, 4.69) is 15.4 Å². The molecule has 3 N–H and O–H groups in total. The SMILES string of the molecule is CCOc1cncc(C(NN)c2nccn2C)c1. The number of nitrogens with two attached hydrogens (primary N) is 1. The van der Waals surface area contributed by atoms with E-state index in [4.69, 9.17) is 10.6 Å². The summed E-state index contributed by atoms with van der Waals surface area (Å²) in [6, 6.07) is 1.70. The third-order valence-electron chi connectivity index (χ3n) is 2.66. The molecular formula is C12H17N5O. The van der Waals surface area contributed by atoms with Crippen molar-refractivity contribution in [2.45, 2.75) is 13.0 Å². The number of pyridine rings is 1. The fourth-order valence-electron chi connectivity index (χ4n) is 1.81. The van der Waals surface area contributed by atoms with E-state index in [1.165, 1.54) is 0 Å². The molecule has 2 aromatic rings. The van der Waals surface area contributed by atoms with Crippen LogP contribution in [0.3, 0.4) is 0 Å². The number of nitrogens with zero attached hydrogens (tertiary/aromatic N) is 3. The Kier molecular flexibility index (Phi) is 3.91. The van der Waals surface area contributed by atoms with Crippen LogP contribution in [-0.2, 0) is 7.05 Å². The molecule has 1 atom stereocenters. The maximum absolute atomic E-state index is 5.62. The molecule has 2 aromatic heterocycles. The maximum atomic E-state index is 5.62. The van der Waals surface area contributed by atoms with Gasteiger partial charge < -0.3 is 9.30 Å². The number of hydrogen-bond donors (Lipinski definition) is 2. The first-order valence-corrected chi connectivity index (χ1v) is 5.77. The highest BCUT2D eigenvalue weighted by Gasteiger charge is 2.17. The van der Waals surface area contributed by atoms with Crippen LogP contribution in [0.5, 0.6) is 5.75 Å². The predicted molar refractivity (Wildman–Crippen MR) is 67.8 cm³/mol. The molecule has 0 saturated heterocycles. The largest absolute Gasteiger partial charge is 0.492 e. The molecule has 0 radical (unpaired) electrons. The smallest absolute Gasteiger partial charge is 0.137 e. The fraction of sp³-hybridized carbons (Fsp3) is 0.333. The number of imidazole rings is 1. The van der Waals surface area contributed by atoms with Crippen LogP contribution in [0.2, 0.25) is 0 Å². The summed E-state index contributed by atoms with van der Waals surface area (Å²) < 4.78 is 7.35. The van der Waals surface area contributed by atoms with Crippen molar-refractivity contribution in [3.8, 4) is 5.75 Å². The number of aromatic nitrogens is 3. The molecule has 0 spiro atoms. The molecule has 0 bridgehead atoms. The first-order chi connectivity index (χ1) is 8.76. The number of hydrogen-bond acceptors (Lipinski definition) is 5. The predicted octanol–water partition coefficient (Wildman–Crippen LogP) is 0.766. The van der Waals surface area contributed by atoms with E-state index in [1.807, 2.05) is 30.8 Å². The molecule has 2 heterocycles. The highest BCUT2D eigenvalue weighted by molar-refractivity contribution is 5.29. The minimum absolute atomic E-state index is 0.210. The molecule has 0 amide bonds. The van der Waals surface area contributed by atoms with Crippen LogP contribution in [0.1, 0.15) is 24.4 Å². The van der Waals surface area contributed by atoms with Gasteiger partial charge in [0.15, 0.2) is 0 Å². The summed E-state index contributed by atoms with van der Waals surface area (Å²) in [6.45, 7) is 2.54. The van der Waals surface area contributed by atoms with Crippen molar-refractivity contribution in [2.75, 3.05) is 6.61 Å². The average molecular weight is 247 g/mol. The van der Waals surface area contributed by atoms with Crippen molar-refractivity contribution in [2.24, 2.45) is 12.9 Å². The molecule has 0 saturated carbocycles. The van der Waals surface area contributed by atoms with Crippen LogP contribution in [0.25, 0.3) is 0 Å². The number of hydrazine groups is 1. The Morgan fingerprint density at radius 2 is 2.33 bits per heavy atom. The molecule has 6 nitrogen and oxygen atoms in total. The van der Waals surface area contributed by atoms with Gasteiger partial charge in [0.25, 0.3) is 0 Å². The molecule has 2 rings (SSSR count). The van der Waals surface area contributed by atoms with Gasteiger partial charge in [0.05, 0.1) is 12.8 Å². The third-order valence-corrected chi connectivity index (χ3v) is 2.66. The zero-order valence-electron chi connectivity index (χ0n) is 10.5. The molecule has 0 aliphatic heterocycles. The van der Waals surface area contributed by atoms with Gasteiger partial charge in [-0.25, -0.2) is 10.4 Å². The van der Waals surface area contributed by atoms with Crippen molar-refractivity contribution in [1.82, 2.24) is 20.0 Å². The van der Waals surface area contributed by atoms with Crippen LogP contribution >= 0.6 is 0 Å². The van der Waals surface area contributed by atoms with Crippen molar-refractivity contribution < 1.29 is 4.74 Å². The first kappa shape index (κ1) is 12.5. The molecule has 96 valence electrons. The maximum Gasteiger partial charge on any atom is 0.137 e. The molecule has 0 aliphatic rings. The molecule has 0 aliphatic carbocycles. The highest BCUT2D eigenvalue weighted by atomic mass is 16.5. The number of nitrogens with one attached hydrogen (secondary N) is 1. The lowest BCUT2D eigenvalue weighted by atomic mass is 10.1. The lowest BCUT2D eigenvalue weighted by molar-refractivity contribution is 0.338. The normalized spacial score (nSPS) is 12.4. The Bertz CT molecular complexity index is 511. The second-order valence-corrected chi connectivity index (χ2v) is 3.88. The van der Waals surface area contributed by atoms with Gasteiger partial charge in [-0.3, -0.25) is 10.8 Å². The molecule has 0 fully saturated rings. The van der Waals surface area contributed by atoms with Crippen LogP contribution in [0.4, 0.5) is 0 Å². The zero-order valence-corrected chi connectivity index (χ0v) is 10.5. The molecule has 18 heavy (non-hydrogen) atoms. The van der Waals surface area contributed by atoms with Crippen molar-refractivity contribution in [3.05, 3.63) is 42.2 Å². The monoisotopic (exact) mass is 247 g/mol. The van der Waals surface area contributed by atoms with Gasteiger partial charge in [0.2, 0.25) is 0 Å². The third kappa shape index (κ3) is 2.49. The summed E-state index contributed by atoms with van der Waals surface area (Å²) in [6.07, 6.45) is 7.04. The van der Waals surface area contributed by atoms with Gasteiger partial charge in [0, 0.05) is 25.6 Å². The Morgan fingerprint density at radius 1 is 1.50 bits per heavy atom. The molecule has 6 heteroatoms. The second kappa shape index (κ2) is 5.61. The van der Waals surface area contributed by atoms with E-state index < -0.39 is 0 Å². The standard InChI is InChI=1S/C12H17N5O/c1-3-18-10-6-9(7-14-8-10)11(16-13)12-15-4-5-17(12)2/h4-8,11,16H,3,13H2,1-2H3. The second-order valence-electron chi connectivity index (χ2n) is 3.88. The van der Waals surface area contributed by atoms with Crippen molar-refractivity contribution in [1.29, 1.82) is 0 Å². The van der Waals surface area contributed by atoms with Crippen LogP contribution in [-0.4, -0.2) is 21.1 Å². The highest BCUT2D eigenvalue weighted by Crippen LogP contribution is 2.22. The zero-order chi connectivity index (χ0) is 13.0. The van der Waals surface area contributed by atoms with E-state index in [1.54, 1.807) is 18.6 Å². The van der Waals surface area contributed by atoms with Gasteiger partial charge >= 0.3 is 0 Å². The topological polar surface area (TPSA) is 78.0 Å². The van der Waals surface area contributed by atoms with Gasteiger partial charge in [-0.2, -0.15) is 0 Å². The van der Waals surface area contributed by atoms with Gasteiger partial charge in [-0.05, 0) is 18.6 Å². The van der Waals surface area contributed by atoms with Gasteiger partial charge in [-0.15, -0.1) is 0 Å². The van der Waals surface area contributed by atoms with E-state index >= 15 is 0 Å². The number of ether oxygens (including phenoxy) is 1. The quantitative estimate of drug-likeness (QED) is 0.602. The molecular weight excluding hydrogens is 230 g/mol. The van der Waals surface area contributed by atoms with Crippen molar-refractivity contribution >= 4 is 0 Å². The minimum atomic E-state index is -0.210. The van der Waals surface area contributed by atoms with Crippen LogP contribution in [0.15, 0.2) is 30.9 Å². The van der Waals surface area contributed by atoms with E-state index in [9.17, 15) is 0 Å². The van der Waals surface area contributed by atoms with Gasteiger partial charge in [0.1, 0.15) is 17.6 Å². The van der Waals surface area contributed by atoms with Crippen LogP contribution < -0.4 is 16.0 Å². The minimum Gasteiger partial charge on any atom is -0.492 e. The summed E-state index contributed by atoms with van der Waals surface area (Å²) in [5, 5.41) is 0. The molecule has 1 unspecified atom stereocenters. The molecule has 0 aromatic carbocycles. The summed E-state index contributed by atoms with van der Waals surface area (Å²) in [4.78, 5) is 8.44. The lowest BCUT2D eigenvalue weighted by Gasteiger charge is -2.16. The Labute approximate surface area is 106 Å². The first-order valence-electron chi connectivity index (χ1n) is 5.77. The van der Waals surface area contributed by atoms with E-state index in [0.29, 0.717) is 6.61 Å². The fourth-order valence-corrected chi connectivity index (χ4v) is 1.81. The summed E-state index contributed by atoms with van der Waals surface area (Å²) in [5.74, 6) is 7.17. The Morgan fingerprint density at radius 3 is 2.94 bits per heavy atom. The lowest BCUT2D eigenvalue weighted by Crippen LogP contribution is -2.30.